The van der Waals surface area contributed by atoms with E-state index in [1.807, 2.05) is 18.3 Å². The molecule has 4 rings (SSSR count). The van der Waals surface area contributed by atoms with Crippen LogP contribution in [0.15, 0.2) is 24.4 Å². The summed E-state index contributed by atoms with van der Waals surface area (Å²) in [6, 6.07) is 7.33. The van der Waals surface area contributed by atoms with Crippen LogP contribution < -0.4 is 0 Å². The predicted molar refractivity (Wildman–Crippen MR) is 84.4 cm³/mol. The number of urea groups is 1. The molecule has 0 aromatic carbocycles. The first-order valence-electron chi connectivity index (χ1n) is 8.51. The molecule has 0 spiro atoms. The molecule has 1 aromatic heterocycles. The average molecular weight is 300 g/mol. The Morgan fingerprint density at radius 1 is 1.05 bits per heavy atom. The zero-order valence-corrected chi connectivity index (χ0v) is 13.0. The van der Waals surface area contributed by atoms with Gasteiger partial charge in [-0.15, -0.1) is 0 Å². The maximum absolute atomic E-state index is 12.5. The summed E-state index contributed by atoms with van der Waals surface area (Å²) >= 11 is 0. The fourth-order valence-electron chi connectivity index (χ4n) is 4.16. The molecule has 0 N–H and O–H groups in total. The number of nitrogens with zero attached hydrogens (tertiary/aromatic N) is 4. The van der Waals surface area contributed by atoms with Crippen LogP contribution in [0.2, 0.25) is 0 Å². The van der Waals surface area contributed by atoms with Gasteiger partial charge in [0, 0.05) is 45.0 Å². The third-order valence-electron chi connectivity index (χ3n) is 5.39. The minimum absolute atomic E-state index is 0.297. The van der Waals surface area contributed by atoms with Crippen molar-refractivity contribution in [2.45, 2.75) is 44.3 Å². The van der Waals surface area contributed by atoms with Crippen LogP contribution in [0.3, 0.4) is 0 Å². The number of hydrogen-bond acceptors (Lipinski definition) is 3. The van der Waals surface area contributed by atoms with Gasteiger partial charge in [-0.1, -0.05) is 6.07 Å². The SMILES string of the molecule is O=C1N2CCCC2CN1C1CCN(Cc2ccccn2)CC1. The second-order valence-corrected chi connectivity index (χ2v) is 6.75. The molecule has 3 saturated heterocycles. The van der Waals surface area contributed by atoms with Crippen molar-refractivity contribution >= 4 is 6.03 Å². The highest BCUT2D eigenvalue weighted by Crippen LogP contribution is 2.30. The topological polar surface area (TPSA) is 39.7 Å². The number of amides is 2. The lowest BCUT2D eigenvalue weighted by Gasteiger charge is -2.36. The number of likely N-dealkylation sites (tertiary alicyclic amines) is 1. The summed E-state index contributed by atoms with van der Waals surface area (Å²) in [5.41, 5.74) is 1.14. The summed E-state index contributed by atoms with van der Waals surface area (Å²) in [4.78, 5) is 23.6. The molecule has 2 amide bonds. The van der Waals surface area contributed by atoms with Gasteiger partial charge in [-0.2, -0.15) is 0 Å². The van der Waals surface area contributed by atoms with E-state index in [4.69, 9.17) is 0 Å². The molecule has 1 unspecified atom stereocenters. The molecule has 3 aliphatic heterocycles. The van der Waals surface area contributed by atoms with Crippen molar-refractivity contribution in [3.63, 3.8) is 0 Å². The average Bonchev–Trinajstić information content (AvgIpc) is 3.13. The Labute approximate surface area is 131 Å². The Morgan fingerprint density at radius 2 is 1.91 bits per heavy atom. The fraction of sp³-hybridized carbons (Fsp3) is 0.647. The maximum atomic E-state index is 12.5. The van der Waals surface area contributed by atoms with Crippen LogP contribution in [0.4, 0.5) is 4.79 Å². The van der Waals surface area contributed by atoms with Crippen LogP contribution in [0, 0.1) is 0 Å². The zero-order chi connectivity index (χ0) is 14.9. The Kier molecular flexibility index (Phi) is 3.74. The van der Waals surface area contributed by atoms with Crippen molar-refractivity contribution in [2.24, 2.45) is 0 Å². The van der Waals surface area contributed by atoms with Gasteiger partial charge in [0.05, 0.1) is 11.7 Å². The van der Waals surface area contributed by atoms with Crippen LogP contribution in [0.25, 0.3) is 0 Å². The number of pyridine rings is 1. The van der Waals surface area contributed by atoms with Crippen LogP contribution in [-0.4, -0.2) is 64.0 Å². The molecule has 1 atom stereocenters. The summed E-state index contributed by atoms with van der Waals surface area (Å²) in [5, 5.41) is 0. The maximum Gasteiger partial charge on any atom is 0.320 e. The third-order valence-corrected chi connectivity index (χ3v) is 5.39. The first-order chi connectivity index (χ1) is 10.8. The van der Waals surface area contributed by atoms with E-state index in [9.17, 15) is 4.79 Å². The number of fused-ring (bicyclic) bond motifs is 1. The molecule has 3 aliphatic rings. The lowest BCUT2D eigenvalue weighted by atomic mass is 10.0. The molecule has 22 heavy (non-hydrogen) atoms. The predicted octanol–water partition coefficient (Wildman–Crippen LogP) is 1.95. The summed E-state index contributed by atoms with van der Waals surface area (Å²) in [7, 11) is 0. The molecule has 0 bridgehead atoms. The highest BCUT2D eigenvalue weighted by Gasteiger charge is 2.43. The normalized spacial score (nSPS) is 26.7. The van der Waals surface area contributed by atoms with Crippen LogP contribution in [0.5, 0.6) is 0 Å². The molecule has 4 heterocycles. The standard InChI is InChI=1S/C17H24N4O/c22-17-20-9-3-5-16(20)13-21(17)15-6-10-19(11-7-15)12-14-4-1-2-8-18-14/h1-2,4,8,15-16H,3,5-7,9-13H2. The molecule has 3 fully saturated rings. The summed E-state index contributed by atoms with van der Waals surface area (Å²) < 4.78 is 0. The van der Waals surface area contributed by atoms with Gasteiger partial charge in [-0.25, -0.2) is 4.79 Å². The van der Waals surface area contributed by atoms with Gasteiger partial charge in [0.25, 0.3) is 0 Å². The lowest BCUT2D eigenvalue weighted by molar-refractivity contribution is 0.125. The largest absolute Gasteiger partial charge is 0.320 e. The van der Waals surface area contributed by atoms with Gasteiger partial charge in [0.2, 0.25) is 0 Å². The Bertz CT molecular complexity index is 527. The van der Waals surface area contributed by atoms with E-state index >= 15 is 0 Å². The molecule has 5 nitrogen and oxygen atoms in total. The van der Waals surface area contributed by atoms with Crippen molar-refractivity contribution in [3.8, 4) is 0 Å². The monoisotopic (exact) mass is 300 g/mol. The summed E-state index contributed by atoms with van der Waals surface area (Å²) in [6.45, 7) is 4.99. The second-order valence-electron chi connectivity index (χ2n) is 6.75. The van der Waals surface area contributed by atoms with Crippen molar-refractivity contribution < 1.29 is 4.79 Å². The molecule has 0 radical (unpaired) electrons. The molecular weight excluding hydrogens is 276 g/mol. The van der Waals surface area contributed by atoms with E-state index < -0.39 is 0 Å². The van der Waals surface area contributed by atoms with Gasteiger partial charge in [0.1, 0.15) is 0 Å². The molecule has 1 aromatic rings. The number of carbonyl (C=O) groups excluding carboxylic acids is 1. The van der Waals surface area contributed by atoms with Crippen molar-refractivity contribution in [2.75, 3.05) is 26.2 Å². The van der Waals surface area contributed by atoms with Crippen molar-refractivity contribution in [1.82, 2.24) is 19.7 Å². The van der Waals surface area contributed by atoms with E-state index in [1.54, 1.807) is 0 Å². The third kappa shape index (κ3) is 2.58. The van der Waals surface area contributed by atoms with E-state index in [-0.39, 0.29) is 0 Å². The molecule has 118 valence electrons. The molecule has 5 heteroatoms. The van der Waals surface area contributed by atoms with E-state index in [0.29, 0.717) is 18.1 Å². The first-order valence-corrected chi connectivity index (χ1v) is 8.51. The number of rotatable bonds is 3. The quantitative estimate of drug-likeness (QED) is 0.856. The van der Waals surface area contributed by atoms with Gasteiger partial charge in [0.15, 0.2) is 0 Å². The van der Waals surface area contributed by atoms with Gasteiger partial charge in [-0.05, 0) is 37.8 Å². The zero-order valence-electron chi connectivity index (χ0n) is 13.0. The fourth-order valence-corrected chi connectivity index (χ4v) is 4.16. The number of aromatic nitrogens is 1. The Balaban J connectivity index is 1.32. The lowest BCUT2D eigenvalue weighted by Crippen LogP contribution is -2.46. The van der Waals surface area contributed by atoms with Crippen LogP contribution in [-0.2, 0) is 6.54 Å². The second kappa shape index (κ2) is 5.88. The first kappa shape index (κ1) is 14.0. The van der Waals surface area contributed by atoms with E-state index in [1.165, 1.54) is 12.8 Å². The molecule has 0 saturated carbocycles. The van der Waals surface area contributed by atoms with Gasteiger partial charge < -0.3 is 9.80 Å². The molecule has 0 aliphatic carbocycles. The van der Waals surface area contributed by atoms with Gasteiger partial charge in [-0.3, -0.25) is 9.88 Å². The van der Waals surface area contributed by atoms with Gasteiger partial charge >= 0.3 is 6.03 Å². The van der Waals surface area contributed by atoms with E-state index in [2.05, 4.69) is 25.8 Å². The minimum Gasteiger partial charge on any atom is -0.320 e. The highest BCUT2D eigenvalue weighted by molar-refractivity contribution is 5.78. The number of piperidine rings is 1. The summed E-state index contributed by atoms with van der Waals surface area (Å²) in [5.74, 6) is 0. The molecular formula is C17H24N4O. The van der Waals surface area contributed by atoms with Crippen LogP contribution >= 0.6 is 0 Å². The van der Waals surface area contributed by atoms with Crippen LogP contribution in [0.1, 0.15) is 31.4 Å². The number of carbonyl (C=O) groups is 1. The highest BCUT2D eigenvalue weighted by atomic mass is 16.2. The van der Waals surface area contributed by atoms with Crippen molar-refractivity contribution in [3.05, 3.63) is 30.1 Å². The summed E-state index contributed by atoms with van der Waals surface area (Å²) in [6.07, 6.45) is 6.43. The Morgan fingerprint density at radius 3 is 2.64 bits per heavy atom. The van der Waals surface area contributed by atoms with Crippen molar-refractivity contribution in [1.29, 1.82) is 0 Å². The number of hydrogen-bond donors (Lipinski definition) is 0. The minimum atomic E-state index is 0.297. The van der Waals surface area contributed by atoms with E-state index in [0.717, 1.165) is 51.3 Å². The Hall–Kier alpha value is -1.62. The smallest absolute Gasteiger partial charge is 0.320 e.